The molecular weight excluding hydrogens is 286 g/mol. The number of carbonyl (C=O) groups is 1. The van der Waals surface area contributed by atoms with Crippen molar-refractivity contribution in [3.05, 3.63) is 52.8 Å². The van der Waals surface area contributed by atoms with Crippen LogP contribution < -0.4 is 10.6 Å². The Morgan fingerprint density at radius 2 is 2.05 bits per heavy atom. The predicted octanol–water partition coefficient (Wildman–Crippen LogP) is 2.65. The molecule has 2 N–H and O–H groups in total. The minimum atomic E-state index is -0.0654. The van der Waals surface area contributed by atoms with Crippen LogP contribution >= 0.6 is 12.4 Å². The molecule has 0 bridgehead atoms. The van der Waals surface area contributed by atoms with Gasteiger partial charge in [0.25, 0.3) is 5.91 Å². The summed E-state index contributed by atoms with van der Waals surface area (Å²) in [6.45, 7) is 3.89. The molecule has 1 aliphatic heterocycles. The van der Waals surface area contributed by atoms with Crippen LogP contribution in [0.3, 0.4) is 0 Å². The normalized spacial score (nSPS) is 13.2. The van der Waals surface area contributed by atoms with Crippen molar-refractivity contribution < 1.29 is 4.79 Å². The van der Waals surface area contributed by atoms with E-state index < -0.39 is 0 Å². The highest BCUT2D eigenvalue weighted by molar-refractivity contribution is 6.03. The van der Waals surface area contributed by atoms with Gasteiger partial charge in [-0.15, -0.1) is 12.4 Å². The highest BCUT2D eigenvalue weighted by atomic mass is 35.5. The smallest absolute Gasteiger partial charge is 0.272 e. The third kappa shape index (κ3) is 3.12. The Labute approximate surface area is 131 Å². The fraction of sp³-hybridized carbons (Fsp3) is 0.312. The summed E-state index contributed by atoms with van der Waals surface area (Å²) in [4.78, 5) is 12.3. The number of carbonyl (C=O) groups excluding carboxylic acids is 1. The highest BCUT2D eigenvalue weighted by Gasteiger charge is 2.13. The molecule has 0 atom stereocenters. The van der Waals surface area contributed by atoms with Crippen molar-refractivity contribution in [3.63, 3.8) is 0 Å². The molecule has 0 fully saturated rings. The summed E-state index contributed by atoms with van der Waals surface area (Å²) in [5, 5.41) is 6.32. The van der Waals surface area contributed by atoms with E-state index in [9.17, 15) is 4.79 Å². The number of fused-ring (bicyclic) bond motifs is 1. The molecule has 1 aromatic carbocycles. The summed E-state index contributed by atoms with van der Waals surface area (Å²) < 4.78 is 1.90. The van der Waals surface area contributed by atoms with E-state index in [0.717, 1.165) is 30.9 Å². The van der Waals surface area contributed by atoms with Gasteiger partial charge in [-0.2, -0.15) is 0 Å². The van der Waals surface area contributed by atoms with E-state index >= 15 is 0 Å². The molecule has 0 radical (unpaired) electrons. The number of hydrogen-bond donors (Lipinski definition) is 2. The van der Waals surface area contributed by atoms with Crippen LogP contribution in [0.4, 0.5) is 5.69 Å². The van der Waals surface area contributed by atoms with E-state index in [-0.39, 0.29) is 18.3 Å². The minimum Gasteiger partial charge on any atom is -0.344 e. The number of rotatable bonds is 2. The number of aryl methyl sites for hydroxylation is 1. The molecule has 1 amide bonds. The summed E-state index contributed by atoms with van der Waals surface area (Å²) in [7, 11) is 1.90. The fourth-order valence-electron chi connectivity index (χ4n) is 2.59. The number of nitrogens with zero attached hydrogens (tertiary/aromatic N) is 1. The molecule has 21 heavy (non-hydrogen) atoms. The van der Waals surface area contributed by atoms with Crippen LogP contribution in [0.5, 0.6) is 0 Å². The second-order valence-corrected chi connectivity index (χ2v) is 5.28. The van der Waals surface area contributed by atoms with E-state index in [2.05, 4.69) is 22.8 Å². The number of aromatic nitrogens is 1. The molecule has 1 aromatic heterocycles. The van der Waals surface area contributed by atoms with Crippen LogP contribution in [-0.4, -0.2) is 17.0 Å². The molecule has 0 spiro atoms. The minimum absolute atomic E-state index is 0. The molecule has 0 saturated heterocycles. The van der Waals surface area contributed by atoms with Crippen molar-refractivity contribution in [3.8, 4) is 0 Å². The molecule has 0 saturated carbocycles. The quantitative estimate of drug-likeness (QED) is 0.896. The lowest BCUT2D eigenvalue weighted by atomic mass is 10.0. The average Bonchev–Trinajstić information content (AvgIpc) is 2.79. The number of anilines is 1. The van der Waals surface area contributed by atoms with Gasteiger partial charge >= 0.3 is 0 Å². The van der Waals surface area contributed by atoms with Gasteiger partial charge in [-0.05, 0) is 55.3 Å². The highest BCUT2D eigenvalue weighted by Crippen LogP contribution is 2.19. The summed E-state index contributed by atoms with van der Waals surface area (Å²) in [5.41, 5.74) is 5.26. The summed E-state index contributed by atoms with van der Waals surface area (Å²) in [6.07, 6.45) is 1.06. The van der Waals surface area contributed by atoms with E-state index in [1.807, 2.05) is 36.7 Å². The van der Waals surface area contributed by atoms with Crippen LogP contribution in [-0.2, 0) is 20.0 Å². The molecular formula is C16H20ClN3O. The molecule has 3 rings (SSSR count). The Kier molecular flexibility index (Phi) is 4.70. The molecule has 2 aromatic rings. The van der Waals surface area contributed by atoms with Crippen molar-refractivity contribution >= 4 is 24.0 Å². The molecule has 1 aliphatic rings. The van der Waals surface area contributed by atoms with Gasteiger partial charge in [-0.3, -0.25) is 4.79 Å². The predicted molar refractivity (Wildman–Crippen MR) is 87.2 cm³/mol. The van der Waals surface area contributed by atoms with Crippen LogP contribution in [0.1, 0.15) is 27.3 Å². The molecule has 4 nitrogen and oxygen atoms in total. The van der Waals surface area contributed by atoms with Gasteiger partial charge in [0.05, 0.1) is 0 Å². The lowest BCUT2D eigenvalue weighted by Crippen LogP contribution is -2.24. The van der Waals surface area contributed by atoms with Crippen LogP contribution in [0.15, 0.2) is 30.3 Å². The first-order chi connectivity index (χ1) is 9.65. The first-order valence-electron chi connectivity index (χ1n) is 6.91. The van der Waals surface area contributed by atoms with E-state index in [0.29, 0.717) is 5.69 Å². The van der Waals surface area contributed by atoms with E-state index in [4.69, 9.17) is 0 Å². The van der Waals surface area contributed by atoms with Gasteiger partial charge in [-0.25, -0.2) is 0 Å². The first kappa shape index (κ1) is 15.6. The molecule has 0 unspecified atom stereocenters. The number of halogens is 1. The van der Waals surface area contributed by atoms with E-state index in [1.165, 1.54) is 11.1 Å². The van der Waals surface area contributed by atoms with Crippen LogP contribution in [0, 0.1) is 6.92 Å². The second kappa shape index (κ2) is 6.33. The van der Waals surface area contributed by atoms with Crippen molar-refractivity contribution in [2.75, 3.05) is 11.9 Å². The maximum atomic E-state index is 12.3. The van der Waals surface area contributed by atoms with Gasteiger partial charge < -0.3 is 15.2 Å². The van der Waals surface area contributed by atoms with Gasteiger partial charge in [-0.1, -0.05) is 6.07 Å². The van der Waals surface area contributed by atoms with Crippen LogP contribution in [0.25, 0.3) is 0 Å². The average molecular weight is 306 g/mol. The summed E-state index contributed by atoms with van der Waals surface area (Å²) >= 11 is 0. The Hall–Kier alpha value is -1.78. The largest absolute Gasteiger partial charge is 0.344 e. The lowest BCUT2D eigenvalue weighted by molar-refractivity contribution is 0.101. The molecule has 0 aliphatic carbocycles. The van der Waals surface area contributed by atoms with Crippen molar-refractivity contribution in [2.45, 2.75) is 19.9 Å². The van der Waals surface area contributed by atoms with Gasteiger partial charge in [0.15, 0.2) is 0 Å². The summed E-state index contributed by atoms with van der Waals surface area (Å²) in [6, 6.07) is 9.96. The number of benzene rings is 1. The Bertz CT molecular complexity index is 664. The Morgan fingerprint density at radius 3 is 2.76 bits per heavy atom. The Morgan fingerprint density at radius 1 is 1.24 bits per heavy atom. The lowest BCUT2D eigenvalue weighted by Gasteiger charge is -2.18. The van der Waals surface area contributed by atoms with Gasteiger partial charge in [0.1, 0.15) is 5.69 Å². The number of nitrogens with one attached hydrogen (secondary N) is 2. The van der Waals surface area contributed by atoms with Crippen molar-refractivity contribution in [1.29, 1.82) is 0 Å². The third-order valence-electron chi connectivity index (χ3n) is 3.96. The van der Waals surface area contributed by atoms with Crippen LogP contribution in [0.2, 0.25) is 0 Å². The zero-order valence-corrected chi connectivity index (χ0v) is 13.1. The topological polar surface area (TPSA) is 46.1 Å². The van der Waals surface area contributed by atoms with Gasteiger partial charge in [0, 0.05) is 25.0 Å². The maximum Gasteiger partial charge on any atom is 0.272 e. The third-order valence-corrected chi connectivity index (χ3v) is 3.96. The number of hydrogen-bond acceptors (Lipinski definition) is 2. The van der Waals surface area contributed by atoms with Crippen molar-refractivity contribution in [2.24, 2.45) is 7.05 Å². The standard InChI is InChI=1S/C16H19N3O.ClH/c1-11-3-6-15(19(11)2)16(20)18-14-5-4-12-7-8-17-10-13(12)9-14;/h3-6,9,17H,7-8,10H2,1-2H3,(H,18,20);1H. The first-order valence-corrected chi connectivity index (χ1v) is 6.91. The zero-order valence-electron chi connectivity index (χ0n) is 12.3. The monoisotopic (exact) mass is 305 g/mol. The SMILES string of the molecule is Cc1ccc(C(=O)Nc2ccc3c(c2)CNCC3)n1C.Cl. The Balaban J connectivity index is 0.00000161. The number of amides is 1. The van der Waals surface area contributed by atoms with Gasteiger partial charge in [0.2, 0.25) is 0 Å². The zero-order chi connectivity index (χ0) is 14.1. The van der Waals surface area contributed by atoms with E-state index in [1.54, 1.807) is 0 Å². The summed E-state index contributed by atoms with van der Waals surface area (Å²) in [5.74, 6) is -0.0654. The molecule has 112 valence electrons. The molecule has 2 heterocycles. The van der Waals surface area contributed by atoms with Crippen molar-refractivity contribution in [1.82, 2.24) is 9.88 Å². The molecule has 5 heteroatoms. The maximum absolute atomic E-state index is 12.3. The second-order valence-electron chi connectivity index (χ2n) is 5.28. The fourth-order valence-corrected chi connectivity index (χ4v) is 2.59.